The number of hydrogen-bond donors (Lipinski definition) is 1. The fraction of sp³-hybridized carbons (Fsp3) is 0.250. The molecule has 0 aliphatic rings. The van der Waals surface area contributed by atoms with Gasteiger partial charge in [0.1, 0.15) is 0 Å². The summed E-state index contributed by atoms with van der Waals surface area (Å²) < 4.78 is 0. The summed E-state index contributed by atoms with van der Waals surface area (Å²) in [5.41, 5.74) is 4.82. The molecule has 0 fully saturated rings. The molecule has 0 aliphatic carbocycles. The summed E-state index contributed by atoms with van der Waals surface area (Å²) in [5, 5.41) is 2.07. The van der Waals surface area contributed by atoms with E-state index in [2.05, 4.69) is 64.1 Å². The lowest BCUT2D eigenvalue weighted by atomic mass is 10.2. The number of hydrogen-bond acceptors (Lipinski definition) is 1. The second-order valence-electron chi connectivity index (χ2n) is 5.00. The summed E-state index contributed by atoms with van der Waals surface area (Å²) in [6.07, 6.45) is 0. The van der Waals surface area contributed by atoms with Gasteiger partial charge in [0, 0.05) is 10.6 Å². The average Bonchev–Trinajstić information content (AvgIpc) is 2.25. The summed E-state index contributed by atoms with van der Waals surface area (Å²) in [4.78, 5) is 10.6. The Labute approximate surface area is 110 Å². The van der Waals surface area contributed by atoms with E-state index in [1.165, 1.54) is 22.3 Å². The third kappa shape index (κ3) is 2.98. The molecule has 1 N–H and O–H groups in total. The van der Waals surface area contributed by atoms with Crippen LogP contribution in [0.2, 0.25) is 0 Å². The van der Waals surface area contributed by atoms with Gasteiger partial charge in [-0.3, -0.25) is 0 Å². The van der Waals surface area contributed by atoms with Crippen LogP contribution >= 0.6 is 8.15 Å². The van der Waals surface area contributed by atoms with Crippen LogP contribution in [0.5, 0.6) is 0 Å². The van der Waals surface area contributed by atoms with Gasteiger partial charge in [0.15, 0.2) is 0 Å². The van der Waals surface area contributed by atoms with Crippen LogP contribution < -0.4 is 10.6 Å². The Bertz CT molecular complexity index is 483. The maximum absolute atomic E-state index is 10.6. The van der Waals surface area contributed by atoms with E-state index < -0.39 is 8.15 Å². The van der Waals surface area contributed by atoms with Crippen molar-refractivity contribution in [2.24, 2.45) is 0 Å². The van der Waals surface area contributed by atoms with Crippen molar-refractivity contribution in [3.8, 4) is 0 Å². The molecule has 2 aromatic rings. The first-order valence-electron chi connectivity index (χ1n) is 6.11. The molecule has 2 aromatic carbocycles. The van der Waals surface area contributed by atoms with Gasteiger partial charge >= 0.3 is 0 Å². The molecule has 0 saturated heterocycles. The van der Waals surface area contributed by atoms with Gasteiger partial charge in [-0.05, 0) is 52.0 Å². The highest BCUT2D eigenvalue weighted by atomic mass is 31.1. The maximum Gasteiger partial charge on any atom is 0.0877 e. The molecule has 0 heterocycles. The second kappa shape index (κ2) is 5.22. The molecule has 1 nitrogen and oxygen atoms in total. The molecule has 0 spiro atoms. The largest absolute Gasteiger partial charge is 0.364 e. The van der Waals surface area contributed by atoms with Gasteiger partial charge in [0.2, 0.25) is 0 Å². The van der Waals surface area contributed by atoms with Crippen LogP contribution in [0, 0.1) is 27.7 Å². The van der Waals surface area contributed by atoms with Crippen LogP contribution in [0.25, 0.3) is 0 Å². The Kier molecular flexibility index (Phi) is 3.85. The summed E-state index contributed by atoms with van der Waals surface area (Å²) in [6, 6.07) is 12.6. The van der Waals surface area contributed by atoms with E-state index in [1.54, 1.807) is 0 Å². The van der Waals surface area contributed by atoms with E-state index in [4.69, 9.17) is 0 Å². The summed E-state index contributed by atoms with van der Waals surface area (Å²) >= 11 is 0. The van der Waals surface area contributed by atoms with Crippen molar-refractivity contribution in [3.63, 3.8) is 0 Å². The number of benzene rings is 2. The van der Waals surface area contributed by atoms with Crippen LogP contribution in [-0.4, -0.2) is 4.89 Å². The Hall–Kier alpha value is -1.17. The number of rotatable bonds is 2. The van der Waals surface area contributed by atoms with E-state index in [-0.39, 0.29) is 0 Å². The lowest BCUT2D eigenvalue weighted by Gasteiger charge is -2.14. The molecule has 0 amide bonds. The van der Waals surface area contributed by atoms with E-state index in [9.17, 15) is 4.89 Å². The lowest BCUT2D eigenvalue weighted by molar-refractivity contribution is 0.644. The van der Waals surface area contributed by atoms with E-state index >= 15 is 0 Å². The van der Waals surface area contributed by atoms with Crippen molar-refractivity contribution in [2.75, 3.05) is 0 Å². The molecule has 0 saturated carbocycles. The summed E-state index contributed by atoms with van der Waals surface area (Å²) in [5.74, 6) is 0. The fourth-order valence-corrected chi connectivity index (χ4v) is 3.90. The molecule has 0 radical (unpaired) electrons. The van der Waals surface area contributed by atoms with Gasteiger partial charge in [-0.15, -0.1) is 0 Å². The Morgan fingerprint density at radius 1 is 0.611 bits per heavy atom. The third-order valence-electron chi connectivity index (χ3n) is 2.90. The van der Waals surface area contributed by atoms with Gasteiger partial charge in [0.25, 0.3) is 0 Å². The predicted molar refractivity (Wildman–Crippen MR) is 80.2 cm³/mol. The van der Waals surface area contributed by atoms with Gasteiger partial charge in [-0.1, -0.05) is 34.4 Å². The highest BCUT2D eigenvalue weighted by Crippen LogP contribution is 2.29. The Balaban J connectivity index is 2.43. The maximum atomic E-state index is 10.6. The zero-order valence-electron chi connectivity index (χ0n) is 11.4. The summed E-state index contributed by atoms with van der Waals surface area (Å²) in [6.45, 7) is 8.28. The Morgan fingerprint density at radius 3 is 1.17 bits per heavy atom. The minimum Gasteiger partial charge on any atom is -0.364 e. The zero-order valence-corrected chi connectivity index (χ0v) is 12.3. The Morgan fingerprint density at radius 2 is 0.889 bits per heavy atom. The molecular formula is C16H19OP. The topological polar surface area (TPSA) is 20.2 Å². The first-order valence-corrected chi connectivity index (χ1v) is 7.41. The fourth-order valence-electron chi connectivity index (χ4n) is 2.29. The molecule has 0 atom stereocenters. The average molecular weight is 258 g/mol. The first kappa shape index (κ1) is 13.3. The van der Waals surface area contributed by atoms with Crippen molar-refractivity contribution in [1.82, 2.24) is 0 Å². The first-order chi connectivity index (χ1) is 8.45. The predicted octanol–water partition coefficient (Wildman–Crippen LogP) is 3.26. The van der Waals surface area contributed by atoms with Gasteiger partial charge in [0.05, 0.1) is 8.15 Å². The van der Waals surface area contributed by atoms with Crippen molar-refractivity contribution >= 4 is 18.8 Å². The van der Waals surface area contributed by atoms with Crippen LogP contribution in [0.4, 0.5) is 0 Å². The minimum atomic E-state index is -1.24. The van der Waals surface area contributed by atoms with Gasteiger partial charge in [-0.2, -0.15) is 0 Å². The van der Waals surface area contributed by atoms with Crippen LogP contribution in [0.15, 0.2) is 36.4 Å². The molecule has 2 rings (SSSR count). The molecule has 0 aliphatic heterocycles. The molecule has 0 bridgehead atoms. The van der Waals surface area contributed by atoms with E-state index in [1.807, 2.05) is 0 Å². The van der Waals surface area contributed by atoms with Crippen LogP contribution in [0.3, 0.4) is 0 Å². The highest BCUT2D eigenvalue weighted by molar-refractivity contribution is 7.67. The molecule has 94 valence electrons. The molecule has 2 heteroatoms. The van der Waals surface area contributed by atoms with E-state index in [0.717, 1.165) is 10.6 Å². The SMILES string of the molecule is Cc1cc(C)cc(P(O)c2cc(C)cc(C)c2)c1. The smallest absolute Gasteiger partial charge is 0.0877 e. The van der Waals surface area contributed by atoms with Gasteiger partial charge < -0.3 is 4.89 Å². The van der Waals surface area contributed by atoms with Crippen LogP contribution in [-0.2, 0) is 0 Å². The summed E-state index contributed by atoms with van der Waals surface area (Å²) in [7, 11) is -1.24. The lowest BCUT2D eigenvalue weighted by Crippen LogP contribution is -2.13. The van der Waals surface area contributed by atoms with Crippen molar-refractivity contribution < 1.29 is 4.89 Å². The highest BCUT2D eigenvalue weighted by Gasteiger charge is 2.12. The minimum absolute atomic E-state index is 1.03. The molecule has 18 heavy (non-hydrogen) atoms. The van der Waals surface area contributed by atoms with Crippen molar-refractivity contribution in [1.29, 1.82) is 0 Å². The van der Waals surface area contributed by atoms with E-state index in [0.29, 0.717) is 0 Å². The molecule has 0 aromatic heterocycles. The van der Waals surface area contributed by atoms with Crippen LogP contribution in [0.1, 0.15) is 22.3 Å². The normalized spacial score (nSPS) is 11.0. The second-order valence-corrected chi connectivity index (χ2v) is 6.66. The standard InChI is InChI=1S/C16H19OP/c1-11-5-12(2)8-15(7-11)18(17)16-9-13(3)6-14(4)10-16/h5-10,17H,1-4H3. The monoisotopic (exact) mass is 258 g/mol. The van der Waals surface area contributed by atoms with Gasteiger partial charge in [-0.25, -0.2) is 0 Å². The molecule has 0 unspecified atom stereocenters. The van der Waals surface area contributed by atoms with Crippen molar-refractivity contribution in [2.45, 2.75) is 27.7 Å². The quantitative estimate of drug-likeness (QED) is 0.820. The number of aryl methyl sites for hydroxylation is 4. The zero-order chi connectivity index (χ0) is 13.3. The van der Waals surface area contributed by atoms with Crippen molar-refractivity contribution in [3.05, 3.63) is 58.7 Å². The molecular weight excluding hydrogens is 239 g/mol. The third-order valence-corrected chi connectivity index (χ3v) is 4.40.